The zero-order valence-electron chi connectivity index (χ0n) is 11.9. The van der Waals surface area contributed by atoms with Crippen LogP contribution in [0.25, 0.3) is 0 Å². The maximum atomic E-state index is 4.78. The standard InChI is InChI=1S/C15H25N3S/c1-2-5-15-17-12(11-19-15)10-18-9-4-7-14(18)13-6-3-8-16-13/h11,13-14,16H,2-10H2,1H3. The van der Waals surface area contributed by atoms with Gasteiger partial charge in [0.1, 0.15) is 0 Å². The van der Waals surface area contributed by atoms with E-state index in [-0.39, 0.29) is 0 Å². The summed E-state index contributed by atoms with van der Waals surface area (Å²) in [6.45, 7) is 5.75. The van der Waals surface area contributed by atoms with Crippen molar-refractivity contribution in [3.8, 4) is 0 Å². The molecule has 2 aliphatic rings. The van der Waals surface area contributed by atoms with E-state index in [1.54, 1.807) is 0 Å². The molecule has 3 heterocycles. The minimum atomic E-state index is 0.733. The normalized spacial score (nSPS) is 28.3. The quantitative estimate of drug-likeness (QED) is 0.898. The van der Waals surface area contributed by atoms with Gasteiger partial charge >= 0.3 is 0 Å². The highest BCUT2D eigenvalue weighted by molar-refractivity contribution is 7.09. The molecule has 1 aromatic rings. The zero-order chi connectivity index (χ0) is 13.1. The van der Waals surface area contributed by atoms with Crippen LogP contribution in [0.5, 0.6) is 0 Å². The summed E-state index contributed by atoms with van der Waals surface area (Å²) in [6, 6.07) is 1.48. The molecule has 2 atom stereocenters. The summed E-state index contributed by atoms with van der Waals surface area (Å²) in [6.07, 6.45) is 7.77. The Morgan fingerprint density at radius 3 is 3.16 bits per heavy atom. The highest BCUT2D eigenvalue weighted by Gasteiger charge is 2.33. The number of nitrogens with one attached hydrogen (secondary N) is 1. The monoisotopic (exact) mass is 279 g/mol. The predicted octanol–water partition coefficient (Wildman–Crippen LogP) is 2.81. The maximum absolute atomic E-state index is 4.78. The van der Waals surface area contributed by atoms with Gasteiger partial charge < -0.3 is 5.32 Å². The Morgan fingerprint density at radius 2 is 2.37 bits per heavy atom. The van der Waals surface area contributed by atoms with Crippen LogP contribution in [0.3, 0.4) is 0 Å². The highest BCUT2D eigenvalue weighted by atomic mass is 32.1. The molecule has 2 fully saturated rings. The number of hydrogen-bond donors (Lipinski definition) is 1. The van der Waals surface area contributed by atoms with E-state index in [0.717, 1.165) is 25.0 Å². The third kappa shape index (κ3) is 3.18. The van der Waals surface area contributed by atoms with Crippen LogP contribution < -0.4 is 5.32 Å². The molecule has 0 saturated carbocycles. The van der Waals surface area contributed by atoms with Gasteiger partial charge in [0.25, 0.3) is 0 Å². The van der Waals surface area contributed by atoms with E-state index in [2.05, 4.69) is 22.5 Å². The Kier molecular flexibility index (Phi) is 4.51. The SMILES string of the molecule is CCCc1nc(CN2CCCC2C2CCCN2)cs1. The molecule has 3 nitrogen and oxygen atoms in total. The van der Waals surface area contributed by atoms with Crippen LogP contribution >= 0.6 is 11.3 Å². The summed E-state index contributed by atoms with van der Waals surface area (Å²) in [5, 5.41) is 7.26. The maximum Gasteiger partial charge on any atom is 0.0928 e. The largest absolute Gasteiger partial charge is 0.312 e. The van der Waals surface area contributed by atoms with Crippen LogP contribution in [0.15, 0.2) is 5.38 Å². The van der Waals surface area contributed by atoms with Gasteiger partial charge in [-0.05, 0) is 51.6 Å². The van der Waals surface area contributed by atoms with E-state index in [9.17, 15) is 0 Å². The predicted molar refractivity (Wildman–Crippen MR) is 80.6 cm³/mol. The molecular formula is C15H25N3S. The molecule has 0 amide bonds. The lowest BCUT2D eigenvalue weighted by Crippen LogP contribution is -2.43. The number of likely N-dealkylation sites (tertiary alicyclic amines) is 1. The summed E-state index contributed by atoms with van der Waals surface area (Å²) in [5.74, 6) is 0. The Morgan fingerprint density at radius 1 is 1.42 bits per heavy atom. The summed E-state index contributed by atoms with van der Waals surface area (Å²) in [4.78, 5) is 7.44. The van der Waals surface area contributed by atoms with Gasteiger partial charge in [0, 0.05) is 24.0 Å². The molecule has 0 bridgehead atoms. The lowest BCUT2D eigenvalue weighted by atomic mass is 10.0. The van der Waals surface area contributed by atoms with E-state index in [0.29, 0.717) is 0 Å². The molecule has 3 rings (SSSR count). The van der Waals surface area contributed by atoms with Crippen LogP contribution in [0, 0.1) is 0 Å². The topological polar surface area (TPSA) is 28.2 Å². The second-order valence-corrected chi connectivity index (χ2v) is 6.81. The van der Waals surface area contributed by atoms with Crippen molar-refractivity contribution in [2.75, 3.05) is 13.1 Å². The average molecular weight is 279 g/mol. The summed E-state index contributed by atoms with van der Waals surface area (Å²) < 4.78 is 0. The molecule has 2 aliphatic heterocycles. The first kappa shape index (κ1) is 13.5. The minimum Gasteiger partial charge on any atom is -0.312 e. The molecule has 4 heteroatoms. The molecule has 0 radical (unpaired) electrons. The summed E-state index contributed by atoms with van der Waals surface area (Å²) in [5.41, 5.74) is 1.29. The van der Waals surface area contributed by atoms with Gasteiger partial charge in [0.05, 0.1) is 10.7 Å². The number of rotatable bonds is 5. The van der Waals surface area contributed by atoms with Crippen molar-refractivity contribution < 1.29 is 0 Å². The lowest BCUT2D eigenvalue weighted by Gasteiger charge is -2.28. The zero-order valence-corrected chi connectivity index (χ0v) is 12.7. The molecule has 0 aromatic carbocycles. The van der Waals surface area contributed by atoms with Crippen molar-refractivity contribution in [1.29, 1.82) is 0 Å². The average Bonchev–Trinajstić information content (AvgIpc) is 3.11. The molecule has 106 valence electrons. The number of hydrogen-bond acceptors (Lipinski definition) is 4. The second kappa shape index (κ2) is 6.33. The van der Waals surface area contributed by atoms with Crippen molar-refractivity contribution in [2.24, 2.45) is 0 Å². The van der Waals surface area contributed by atoms with Crippen LogP contribution in [-0.2, 0) is 13.0 Å². The minimum absolute atomic E-state index is 0.733. The summed E-state index contributed by atoms with van der Waals surface area (Å²) in [7, 11) is 0. The molecule has 0 aliphatic carbocycles. The van der Waals surface area contributed by atoms with Gasteiger partial charge in [0.2, 0.25) is 0 Å². The van der Waals surface area contributed by atoms with Crippen molar-refractivity contribution in [3.05, 3.63) is 16.1 Å². The molecule has 1 aromatic heterocycles. The first-order valence-electron chi connectivity index (χ1n) is 7.77. The number of aromatic nitrogens is 1. The van der Waals surface area contributed by atoms with Gasteiger partial charge in [-0.3, -0.25) is 4.90 Å². The Labute approximate surface area is 120 Å². The first-order valence-corrected chi connectivity index (χ1v) is 8.65. The van der Waals surface area contributed by atoms with E-state index in [1.165, 1.54) is 55.9 Å². The molecular weight excluding hydrogens is 254 g/mol. The fourth-order valence-corrected chi connectivity index (χ4v) is 4.39. The Balaban J connectivity index is 1.60. The van der Waals surface area contributed by atoms with Gasteiger partial charge in [-0.15, -0.1) is 11.3 Å². The molecule has 0 spiro atoms. The number of aryl methyl sites for hydroxylation is 1. The first-order chi connectivity index (χ1) is 9.36. The fourth-order valence-electron chi connectivity index (χ4n) is 3.50. The third-order valence-corrected chi connectivity index (χ3v) is 5.36. The van der Waals surface area contributed by atoms with E-state index >= 15 is 0 Å². The van der Waals surface area contributed by atoms with Crippen molar-refractivity contribution in [2.45, 2.75) is 64.1 Å². The Hall–Kier alpha value is -0.450. The van der Waals surface area contributed by atoms with Crippen LogP contribution in [-0.4, -0.2) is 35.1 Å². The fraction of sp³-hybridized carbons (Fsp3) is 0.800. The van der Waals surface area contributed by atoms with E-state index < -0.39 is 0 Å². The van der Waals surface area contributed by atoms with Gasteiger partial charge in [-0.25, -0.2) is 4.98 Å². The van der Waals surface area contributed by atoms with Crippen molar-refractivity contribution in [1.82, 2.24) is 15.2 Å². The lowest BCUT2D eigenvalue weighted by molar-refractivity contribution is 0.204. The van der Waals surface area contributed by atoms with Crippen molar-refractivity contribution in [3.63, 3.8) is 0 Å². The number of nitrogens with zero attached hydrogens (tertiary/aromatic N) is 2. The molecule has 2 unspecified atom stereocenters. The molecule has 1 N–H and O–H groups in total. The van der Waals surface area contributed by atoms with Gasteiger partial charge in [-0.2, -0.15) is 0 Å². The Bertz CT molecular complexity index is 398. The van der Waals surface area contributed by atoms with E-state index in [1.807, 2.05) is 11.3 Å². The second-order valence-electron chi connectivity index (χ2n) is 5.87. The van der Waals surface area contributed by atoms with Gasteiger partial charge in [0.15, 0.2) is 0 Å². The van der Waals surface area contributed by atoms with Crippen molar-refractivity contribution >= 4 is 11.3 Å². The van der Waals surface area contributed by atoms with Gasteiger partial charge in [-0.1, -0.05) is 6.92 Å². The van der Waals surface area contributed by atoms with Crippen LogP contribution in [0.1, 0.15) is 49.7 Å². The van der Waals surface area contributed by atoms with E-state index in [4.69, 9.17) is 4.98 Å². The molecule has 2 saturated heterocycles. The number of thiazole rings is 1. The smallest absolute Gasteiger partial charge is 0.0928 e. The summed E-state index contributed by atoms with van der Waals surface area (Å²) >= 11 is 1.84. The molecule has 19 heavy (non-hydrogen) atoms. The third-order valence-electron chi connectivity index (χ3n) is 4.41. The van der Waals surface area contributed by atoms with Crippen LogP contribution in [0.4, 0.5) is 0 Å². The van der Waals surface area contributed by atoms with Crippen LogP contribution in [0.2, 0.25) is 0 Å². The highest BCUT2D eigenvalue weighted by Crippen LogP contribution is 2.26.